The lowest BCUT2D eigenvalue weighted by Gasteiger charge is -2.32. The minimum absolute atomic E-state index is 0.0228. The van der Waals surface area contributed by atoms with Gasteiger partial charge in [0.15, 0.2) is 6.10 Å². The van der Waals surface area contributed by atoms with Crippen LogP contribution in [0.5, 0.6) is 0 Å². The quantitative estimate of drug-likeness (QED) is 0.842. The standard InChI is InChI=1S/C17H18ClFN2O3/c1-11(15(22)21-17(10-20)7-3-2-4-8-17)24-16(23)13-6-5-12(19)9-14(13)18/h5-6,9,11H,2-4,7-8H2,1H3,(H,21,22)/t11-/m1/s1. The number of carbonyl (C=O) groups excluding carboxylic acids is 2. The Morgan fingerprint density at radius 3 is 2.62 bits per heavy atom. The molecule has 1 N–H and O–H groups in total. The maximum Gasteiger partial charge on any atom is 0.340 e. The molecule has 128 valence electrons. The van der Waals surface area contributed by atoms with Gasteiger partial charge in [-0.05, 0) is 38.0 Å². The molecule has 0 radical (unpaired) electrons. The van der Waals surface area contributed by atoms with Crippen molar-refractivity contribution in [2.45, 2.75) is 50.7 Å². The maximum atomic E-state index is 13.0. The molecule has 1 aromatic carbocycles. The lowest BCUT2D eigenvalue weighted by Crippen LogP contribution is -2.52. The second kappa shape index (κ2) is 7.63. The van der Waals surface area contributed by atoms with Crippen LogP contribution in [0.15, 0.2) is 18.2 Å². The van der Waals surface area contributed by atoms with E-state index in [1.807, 2.05) is 0 Å². The Balaban J connectivity index is 2.00. The summed E-state index contributed by atoms with van der Waals surface area (Å²) in [5.41, 5.74) is -0.922. The molecule has 1 atom stereocenters. The molecule has 1 aliphatic rings. The van der Waals surface area contributed by atoms with E-state index in [2.05, 4.69) is 11.4 Å². The van der Waals surface area contributed by atoms with Gasteiger partial charge in [0, 0.05) is 0 Å². The number of nitrogens with zero attached hydrogens (tertiary/aromatic N) is 1. The first-order chi connectivity index (χ1) is 11.4. The molecule has 0 spiro atoms. The van der Waals surface area contributed by atoms with Gasteiger partial charge in [-0.15, -0.1) is 0 Å². The SMILES string of the molecule is C[C@@H](OC(=O)c1ccc(F)cc1Cl)C(=O)NC1(C#N)CCCCC1. The van der Waals surface area contributed by atoms with E-state index in [4.69, 9.17) is 16.3 Å². The Kier molecular flexibility index (Phi) is 5.79. The summed E-state index contributed by atoms with van der Waals surface area (Å²) in [6.07, 6.45) is 2.85. The Bertz CT molecular complexity index is 681. The molecule has 7 heteroatoms. The van der Waals surface area contributed by atoms with Gasteiger partial charge < -0.3 is 10.1 Å². The Morgan fingerprint density at radius 2 is 2.04 bits per heavy atom. The molecule has 0 unspecified atom stereocenters. The van der Waals surface area contributed by atoms with Crippen molar-refractivity contribution in [3.05, 3.63) is 34.6 Å². The largest absolute Gasteiger partial charge is 0.449 e. The molecule has 1 amide bonds. The number of amides is 1. The number of ether oxygens (including phenoxy) is 1. The van der Waals surface area contributed by atoms with Gasteiger partial charge in [0.25, 0.3) is 5.91 Å². The minimum Gasteiger partial charge on any atom is -0.449 e. The summed E-state index contributed by atoms with van der Waals surface area (Å²) in [5, 5.41) is 12.0. The molecule has 0 bridgehead atoms. The molecule has 1 aliphatic carbocycles. The molecule has 1 saturated carbocycles. The third kappa shape index (κ3) is 4.24. The first-order valence-electron chi connectivity index (χ1n) is 7.76. The van der Waals surface area contributed by atoms with Gasteiger partial charge in [-0.25, -0.2) is 9.18 Å². The summed E-state index contributed by atoms with van der Waals surface area (Å²) < 4.78 is 18.1. The van der Waals surface area contributed by atoms with Crippen LogP contribution in [0.2, 0.25) is 5.02 Å². The number of nitriles is 1. The highest BCUT2D eigenvalue weighted by molar-refractivity contribution is 6.33. The van der Waals surface area contributed by atoms with Crippen molar-refractivity contribution >= 4 is 23.5 Å². The molecule has 2 rings (SSSR count). The van der Waals surface area contributed by atoms with Gasteiger partial charge in [-0.2, -0.15) is 5.26 Å². The van der Waals surface area contributed by atoms with Crippen LogP contribution in [0.25, 0.3) is 0 Å². The average molecular weight is 353 g/mol. The first kappa shape index (κ1) is 18.2. The van der Waals surface area contributed by atoms with E-state index in [-0.39, 0.29) is 10.6 Å². The molecule has 0 aromatic heterocycles. The summed E-state index contributed by atoms with van der Waals surface area (Å²) in [7, 11) is 0. The number of benzene rings is 1. The number of nitrogens with one attached hydrogen (secondary N) is 1. The van der Waals surface area contributed by atoms with Crippen LogP contribution >= 0.6 is 11.6 Å². The van der Waals surface area contributed by atoms with Crippen molar-refractivity contribution < 1.29 is 18.7 Å². The van der Waals surface area contributed by atoms with Gasteiger partial charge in [-0.3, -0.25) is 4.79 Å². The number of rotatable bonds is 4. The normalized spacial score (nSPS) is 17.4. The second-order valence-electron chi connectivity index (χ2n) is 5.92. The fraction of sp³-hybridized carbons (Fsp3) is 0.471. The number of hydrogen-bond acceptors (Lipinski definition) is 4. The van der Waals surface area contributed by atoms with E-state index in [1.165, 1.54) is 13.0 Å². The van der Waals surface area contributed by atoms with Gasteiger partial charge in [-0.1, -0.05) is 30.9 Å². The number of esters is 1. The fourth-order valence-electron chi connectivity index (χ4n) is 2.69. The van der Waals surface area contributed by atoms with Crippen molar-refractivity contribution in [2.24, 2.45) is 0 Å². The molecule has 0 aliphatic heterocycles. The number of carbonyl (C=O) groups is 2. The first-order valence-corrected chi connectivity index (χ1v) is 8.14. The average Bonchev–Trinajstić information content (AvgIpc) is 2.55. The van der Waals surface area contributed by atoms with E-state index in [0.29, 0.717) is 12.8 Å². The van der Waals surface area contributed by atoms with Crippen LogP contribution in [0, 0.1) is 17.1 Å². The zero-order valence-corrected chi connectivity index (χ0v) is 14.0. The van der Waals surface area contributed by atoms with E-state index in [1.54, 1.807) is 0 Å². The predicted octanol–water partition coefficient (Wildman–Crippen LogP) is 3.37. The van der Waals surface area contributed by atoms with Crippen LogP contribution in [-0.2, 0) is 9.53 Å². The van der Waals surface area contributed by atoms with Crippen LogP contribution in [-0.4, -0.2) is 23.5 Å². The Hall–Kier alpha value is -2.13. The number of hydrogen-bond donors (Lipinski definition) is 1. The van der Waals surface area contributed by atoms with Crippen LogP contribution in [0.3, 0.4) is 0 Å². The van der Waals surface area contributed by atoms with Crippen LogP contribution in [0.1, 0.15) is 49.4 Å². The van der Waals surface area contributed by atoms with Crippen LogP contribution < -0.4 is 5.32 Å². The molecular weight excluding hydrogens is 335 g/mol. The van der Waals surface area contributed by atoms with E-state index >= 15 is 0 Å². The summed E-state index contributed by atoms with van der Waals surface area (Å²) in [5.74, 6) is -1.93. The predicted molar refractivity (Wildman–Crippen MR) is 85.9 cm³/mol. The molecular formula is C17H18ClFN2O3. The lowest BCUT2D eigenvalue weighted by molar-refractivity contribution is -0.130. The molecule has 24 heavy (non-hydrogen) atoms. The second-order valence-corrected chi connectivity index (χ2v) is 6.32. The third-order valence-corrected chi connectivity index (χ3v) is 4.40. The van der Waals surface area contributed by atoms with Gasteiger partial charge >= 0.3 is 5.97 Å². The van der Waals surface area contributed by atoms with Crippen molar-refractivity contribution in [2.75, 3.05) is 0 Å². The zero-order chi connectivity index (χ0) is 17.7. The summed E-state index contributed by atoms with van der Waals surface area (Å²) >= 11 is 5.80. The smallest absolute Gasteiger partial charge is 0.340 e. The van der Waals surface area contributed by atoms with Crippen molar-refractivity contribution in [1.29, 1.82) is 5.26 Å². The van der Waals surface area contributed by atoms with Crippen LogP contribution in [0.4, 0.5) is 4.39 Å². The molecule has 0 heterocycles. The minimum atomic E-state index is -1.09. The lowest BCUT2D eigenvalue weighted by atomic mass is 9.83. The van der Waals surface area contributed by atoms with E-state index in [9.17, 15) is 19.2 Å². The topological polar surface area (TPSA) is 79.2 Å². The van der Waals surface area contributed by atoms with Gasteiger partial charge in [0.05, 0.1) is 16.7 Å². The zero-order valence-electron chi connectivity index (χ0n) is 13.3. The molecule has 1 fully saturated rings. The summed E-state index contributed by atoms with van der Waals surface area (Å²) in [6.45, 7) is 1.42. The highest BCUT2D eigenvalue weighted by atomic mass is 35.5. The molecule has 1 aromatic rings. The van der Waals surface area contributed by atoms with E-state index < -0.39 is 29.3 Å². The maximum absolute atomic E-state index is 13.0. The third-order valence-electron chi connectivity index (χ3n) is 4.09. The highest BCUT2D eigenvalue weighted by Gasteiger charge is 2.35. The molecule has 0 saturated heterocycles. The number of halogens is 2. The van der Waals surface area contributed by atoms with Crippen molar-refractivity contribution in [3.63, 3.8) is 0 Å². The highest BCUT2D eigenvalue weighted by Crippen LogP contribution is 2.27. The molecule has 5 nitrogen and oxygen atoms in total. The Labute approximate surface area is 144 Å². The monoisotopic (exact) mass is 352 g/mol. The van der Waals surface area contributed by atoms with Gasteiger partial charge in [0.2, 0.25) is 0 Å². The van der Waals surface area contributed by atoms with Crippen molar-refractivity contribution in [3.8, 4) is 6.07 Å². The summed E-state index contributed by atoms with van der Waals surface area (Å²) in [6, 6.07) is 5.44. The van der Waals surface area contributed by atoms with E-state index in [0.717, 1.165) is 31.4 Å². The fourth-order valence-corrected chi connectivity index (χ4v) is 2.93. The van der Waals surface area contributed by atoms with Gasteiger partial charge in [0.1, 0.15) is 11.4 Å². The summed E-state index contributed by atoms with van der Waals surface area (Å²) in [4.78, 5) is 24.3. The van der Waals surface area contributed by atoms with Crippen molar-refractivity contribution in [1.82, 2.24) is 5.32 Å². The Morgan fingerprint density at radius 1 is 1.38 bits per heavy atom.